The molecule has 0 fully saturated rings. The van der Waals surface area contributed by atoms with E-state index < -0.39 is 5.97 Å². The number of nitrogens with zero attached hydrogens (tertiary/aromatic N) is 1. The number of ether oxygens (including phenoxy) is 1. The first-order valence-electron chi connectivity index (χ1n) is 8.99. The van der Waals surface area contributed by atoms with Crippen molar-refractivity contribution in [2.24, 2.45) is 0 Å². The lowest BCUT2D eigenvalue weighted by atomic mass is 10.1. The van der Waals surface area contributed by atoms with Gasteiger partial charge in [0.1, 0.15) is 5.76 Å². The molecule has 7 heteroatoms. The van der Waals surface area contributed by atoms with Crippen molar-refractivity contribution in [3.8, 4) is 0 Å². The highest BCUT2D eigenvalue weighted by Gasteiger charge is 2.19. The van der Waals surface area contributed by atoms with Crippen LogP contribution in [0.25, 0.3) is 0 Å². The third kappa shape index (κ3) is 5.07. The molecule has 0 aliphatic rings. The minimum atomic E-state index is -0.428. The normalized spacial score (nSPS) is 11.8. The van der Waals surface area contributed by atoms with Crippen molar-refractivity contribution in [1.82, 2.24) is 10.5 Å². The largest absolute Gasteiger partial charge is 0.456 e. The number of carbonyl (C=O) groups is 2. The van der Waals surface area contributed by atoms with Crippen molar-refractivity contribution in [2.45, 2.75) is 32.7 Å². The van der Waals surface area contributed by atoms with Gasteiger partial charge in [0.2, 0.25) is 0 Å². The molecule has 146 valence electrons. The Morgan fingerprint density at radius 2 is 1.96 bits per heavy atom. The van der Waals surface area contributed by atoms with E-state index in [1.165, 1.54) is 0 Å². The number of benzene rings is 1. The Morgan fingerprint density at radius 1 is 1.18 bits per heavy atom. The fourth-order valence-corrected chi connectivity index (χ4v) is 3.73. The van der Waals surface area contributed by atoms with E-state index in [0.29, 0.717) is 12.2 Å². The number of nitrogens with one attached hydrogen (secondary N) is 1. The SMILES string of the molecule is Cc1noc(C)c1CCC(=O)OCC(=O)N[C@@H](c1ccccc1)c1cccs1. The van der Waals surface area contributed by atoms with E-state index in [4.69, 9.17) is 9.26 Å². The van der Waals surface area contributed by atoms with Crippen molar-refractivity contribution in [1.29, 1.82) is 0 Å². The topological polar surface area (TPSA) is 81.4 Å². The molecule has 0 spiro atoms. The maximum atomic E-state index is 12.4. The third-order valence-electron chi connectivity index (χ3n) is 4.39. The van der Waals surface area contributed by atoms with Gasteiger partial charge in [0.15, 0.2) is 6.61 Å². The Kier molecular flexibility index (Phi) is 6.60. The molecule has 3 rings (SSSR count). The van der Waals surface area contributed by atoms with E-state index in [2.05, 4.69) is 10.5 Å². The van der Waals surface area contributed by atoms with Crippen LogP contribution in [0.5, 0.6) is 0 Å². The van der Waals surface area contributed by atoms with Crippen LogP contribution in [0.4, 0.5) is 0 Å². The molecule has 0 radical (unpaired) electrons. The molecule has 0 aliphatic carbocycles. The molecular weight excluding hydrogens is 376 g/mol. The molecule has 0 aliphatic heterocycles. The van der Waals surface area contributed by atoms with Crippen molar-refractivity contribution >= 4 is 23.2 Å². The highest BCUT2D eigenvalue weighted by atomic mass is 32.1. The Labute approximate surface area is 167 Å². The first-order valence-corrected chi connectivity index (χ1v) is 9.87. The molecule has 28 heavy (non-hydrogen) atoms. The van der Waals surface area contributed by atoms with Crippen molar-refractivity contribution < 1.29 is 18.8 Å². The predicted molar refractivity (Wildman–Crippen MR) is 106 cm³/mol. The Hall–Kier alpha value is -2.93. The molecule has 0 bridgehead atoms. The van der Waals surface area contributed by atoms with Crippen LogP contribution in [-0.4, -0.2) is 23.6 Å². The van der Waals surface area contributed by atoms with Gasteiger partial charge in [-0.3, -0.25) is 9.59 Å². The second-order valence-corrected chi connectivity index (χ2v) is 7.37. The van der Waals surface area contributed by atoms with E-state index in [-0.39, 0.29) is 25.0 Å². The number of aryl methyl sites for hydroxylation is 2. The lowest BCUT2D eigenvalue weighted by molar-refractivity contribution is -0.148. The van der Waals surface area contributed by atoms with E-state index in [9.17, 15) is 9.59 Å². The number of thiophene rings is 1. The van der Waals surface area contributed by atoms with Crippen LogP contribution >= 0.6 is 11.3 Å². The van der Waals surface area contributed by atoms with Crippen LogP contribution in [0, 0.1) is 13.8 Å². The molecule has 3 aromatic rings. The van der Waals surface area contributed by atoms with Gasteiger partial charge in [-0.2, -0.15) is 0 Å². The number of hydrogen-bond acceptors (Lipinski definition) is 6. The summed E-state index contributed by atoms with van der Waals surface area (Å²) < 4.78 is 10.2. The molecule has 1 atom stereocenters. The van der Waals surface area contributed by atoms with E-state index in [1.807, 2.05) is 61.7 Å². The van der Waals surface area contributed by atoms with Crippen LogP contribution in [0.3, 0.4) is 0 Å². The number of amides is 1. The molecule has 2 heterocycles. The van der Waals surface area contributed by atoms with Crippen LogP contribution in [0.1, 0.15) is 39.9 Å². The number of hydrogen-bond donors (Lipinski definition) is 1. The van der Waals surface area contributed by atoms with Gasteiger partial charge < -0.3 is 14.6 Å². The average molecular weight is 398 g/mol. The van der Waals surface area contributed by atoms with E-state index in [1.54, 1.807) is 11.3 Å². The monoisotopic (exact) mass is 398 g/mol. The highest BCUT2D eigenvalue weighted by molar-refractivity contribution is 7.10. The van der Waals surface area contributed by atoms with Gasteiger partial charge in [-0.05, 0) is 37.3 Å². The third-order valence-corrected chi connectivity index (χ3v) is 5.33. The lowest BCUT2D eigenvalue weighted by Crippen LogP contribution is -2.32. The zero-order valence-electron chi connectivity index (χ0n) is 15.8. The zero-order chi connectivity index (χ0) is 19.9. The summed E-state index contributed by atoms with van der Waals surface area (Å²) >= 11 is 1.56. The molecule has 0 saturated carbocycles. The molecule has 2 aromatic heterocycles. The second-order valence-electron chi connectivity index (χ2n) is 6.39. The maximum absolute atomic E-state index is 12.4. The van der Waals surface area contributed by atoms with Crippen molar-refractivity contribution in [2.75, 3.05) is 6.61 Å². The van der Waals surface area contributed by atoms with Gasteiger partial charge in [0, 0.05) is 16.9 Å². The summed E-state index contributed by atoms with van der Waals surface area (Å²) in [5.41, 5.74) is 2.65. The lowest BCUT2D eigenvalue weighted by Gasteiger charge is -2.18. The molecule has 0 saturated heterocycles. The summed E-state index contributed by atoms with van der Waals surface area (Å²) in [4.78, 5) is 25.4. The molecule has 1 amide bonds. The van der Waals surface area contributed by atoms with Crippen LogP contribution in [-0.2, 0) is 20.7 Å². The predicted octanol–water partition coefficient (Wildman–Crippen LogP) is 3.73. The summed E-state index contributed by atoms with van der Waals surface area (Å²) in [5, 5.41) is 8.78. The van der Waals surface area contributed by atoms with Crippen molar-refractivity contribution in [3.05, 3.63) is 75.3 Å². The fourth-order valence-electron chi connectivity index (χ4n) is 2.93. The minimum absolute atomic E-state index is 0.170. The van der Waals surface area contributed by atoms with Crippen LogP contribution < -0.4 is 5.32 Å². The van der Waals surface area contributed by atoms with Crippen LogP contribution in [0.2, 0.25) is 0 Å². The number of carbonyl (C=O) groups excluding carboxylic acids is 2. The second kappa shape index (κ2) is 9.32. The summed E-state index contributed by atoms with van der Waals surface area (Å²) in [7, 11) is 0. The Morgan fingerprint density at radius 3 is 2.61 bits per heavy atom. The van der Waals surface area contributed by atoms with Gasteiger partial charge in [0.05, 0.1) is 11.7 Å². The summed E-state index contributed by atoms with van der Waals surface area (Å²) in [5.74, 6) is -0.0693. The molecular formula is C21H22N2O4S. The average Bonchev–Trinajstić information content (AvgIpc) is 3.34. The molecule has 1 aromatic carbocycles. The first-order chi connectivity index (χ1) is 13.5. The zero-order valence-corrected chi connectivity index (χ0v) is 16.6. The smallest absolute Gasteiger partial charge is 0.306 e. The van der Waals surface area contributed by atoms with Crippen LogP contribution in [0.15, 0.2) is 52.4 Å². The van der Waals surface area contributed by atoms with Gasteiger partial charge in [-0.15, -0.1) is 11.3 Å². The molecule has 6 nitrogen and oxygen atoms in total. The first kappa shape index (κ1) is 19.8. The summed E-state index contributed by atoms with van der Waals surface area (Å²) in [6.45, 7) is 3.33. The minimum Gasteiger partial charge on any atom is -0.456 e. The van der Waals surface area contributed by atoms with E-state index in [0.717, 1.165) is 21.7 Å². The number of rotatable bonds is 8. The highest BCUT2D eigenvalue weighted by Crippen LogP contribution is 2.25. The molecule has 0 unspecified atom stereocenters. The number of aromatic nitrogens is 1. The van der Waals surface area contributed by atoms with Gasteiger partial charge >= 0.3 is 5.97 Å². The quantitative estimate of drug-likeness (QED) is 0.585. The van der Waals surface area contributed by atoms with Gasteiger partial charge in [-0.1, -0.05) is 41.6 Å². The van der Waals surface area contributed by atoms with Gasteiger partial charge in [0.25, 0.3) is 5.91 Å². The Balaban J connectivity index is 1.53. The van der Waals surface area contributed by atoms with E-state index >= 15 is 0 Å². The summed E-state index contributed by atoms with van der Waals surface area (Å²) in [6.07, 6.45) is 0.646. The standard InChI is InChI=1S/C21H22N2O4S/c1-14-17(15(2)27-23-14)10-11-20(25)26-13-19(24)22-21(18-9-6-12-28-18)16-7-4-3-5-8-16/h3-9,12,21H,10-11,13H2,1-2H3,(H,22,24)/t21-/m0/s1. The Bertz CT molecular complexity index is 900. The number of esters is 1. The molecule has 1 N–H and O–H groups in total. The van der Waals surface area contributed by atoms with Crippen molar-refractivity contribution in [3.63, 3.8) is 0 Å². The van der Waals surface area contributed by atoms with Gasteiger partial charge in [-0.25, -0.2) is 0 Å². The maximum Gasteiger partial charge on any atom is 0.306 e. The summed E-state index contributed by atoms with van der Waals surface area (Å²) in [6, 6.07) is 13.3. The fraction of sp³-hybridized carbons (Fsp3) is 0.286.